The minimum atomic E-state index is -0.773. The number of methoxy groups -OCH3 is 2. The lowest BCUT2D eigenvalue weighted by Crippen LogP contribution is -2.33. The van der Waals surface area contributed by atoms with Gasteiger partial charge < -0.3 is 19.5 Å². The number of carbonyl (C=O) groups is 2. The van der Waals surface area contributed by atoms with Gasteiger partial charge in [0.1, 0.15) is 5.75 Å². The molecule has 1 N–H and O–H groups in total. The largest absolute Gasteiger partial charge is 0.872 e. The second-order valence-corrected chi connectivity index (χ2v) is 6.48. The lowest BCUT2D eigenvalue weighted by molar-refractivity contribution is -0.379. The Hall–Kier alpha value is -3.19. The number of Topliss-reactive ketones (excluding diaryl/α,β-unsaturated/α-hetero) is 1. The first kappa shape index (κ1) is 19.6. The first-order chi connectivity index (χ1) is 13.5. The summed E-state index contributed by atoms with van der Waals surface area (Å²) < 4.78 is 10.3. The Morgan fingerprint density at radius 2 is 2.04 bits per heavy atom. The second kappa shape index (κ2) is 8.22. The van der Waals surface area contributed by atoms with Crippen LogP contribution in [0.15, 0.2) is 48.3 Å². The van der Waals surface area contributed by atoms with Crippen molar-refractivity contribution in [2.24, 2.45) is 0 Å². The van der Waals surface area contributed by atoms with Crippen LogP contribution in [0, 0.1) is 6.92 Å². The summed E-state index contributed by atoms with van der Waals surface area (Å²) in [7, 11) is 3.06. The number of ether oxygens (including phenoxy) is 2. The number of nitrogens with one attached hydrogen (secondary N) is 1. The molecule has 2 heterocycles. The average Bonchev–Trinajstić information content (AvgIpc) is 2.97. The van der Waals surface area contributed by atoms with Crippen molar-refractivity contribution in [1.29, 1.82) is 0 Å². The number of aromatic nitrogens is 1. The van der Waals surface area contributed by atoms with Gasteiger partial charge in [0.15, 0.2) is 12.4 Å². The summed E-state index contributed by atoms with van der Waals surface area (Å²) in [5.74, 6) is -1.30. The van der Waals surface area contributed by atoms with Crippen molar-refractivity contribution in [3.63, 3.8) is 0 Å². The van der Waals surface area contributed by atoms with E-state index >= 15 is 0 Å². The molecule has 1 saturated heterocycles. The van der Waals surface area contributed by atoms with Crippen LogP contribution in [0.5, 0.6) is 5.75 Å². The van der Waals surface area contributed by atoms with E-state index in [4.69, 9.17) is 9.47 Å². The predicted molar refractivity (Wildman–Crippen MR) is 99.0 cm³/mol. The third-order valence-corrected chi connectivity index (χ3v) is 4.79. The number of H-pyrrole nitrogens is 1. The van der Waals surface area contributed by atoms with Gasteiger partial charge in [-0.05, 0) is 36.2 Å². The van der Waals surface area contributed by atoms with E-state index < -0.39 is 23.5 Å². The van der Waals surface area contributed by atoms with Crippen LogP contribution in [0.2, 0.25) is 0 Å². The van der Waals surface area contributed by atoms with Gasteiger partial charge in [-0.15, -0.1) is 0 Å². The molecular formula is C21H22N2O5. The fraction of sp³-hybridized carbons (Fsp3) is 0.286. The first-order valence-electron chi connectivity index (χ1n) is 8.86. The molecule has 3 rings (SSSR count). The number of nitrogens with zero attached hydrogens (tertiary/aromatic N) is 1. The fourth-order valence-electron chi connectivity index (χ4n) is 3.38. The number of likely N-dealkylation sites (tertiary alicyclic amines) is 1. The number of amides is 1. The molecule has 1 fully saturated rings. The lowest BCUT2D eigenvalue weighted by Gasteiger charge is -2.26. The van der Waals surface area contributed by atoms with Gasteiger partial charge in [-0.2, -0.15) is 0 Å². The molecule has 1 aromatic heterocycles. The standard InChI is InChI=1S/C21H22N2O5/c1-13-11-15(28-3)6-7-16(13)19(24)17-18(14-5-4-8-22-12-14)23(9-10-27-2)21(26)20(17)25/h4-8,11-12,18,24H,9-10H2,1-3H3. The maximum Gasteiger partial charge on any atom is 0.295 e. The molecule has 146 valence electrons. The Morgan fingerprint density at radius 3 is 2.64 bits per heavy atom. The van der Waals surface area contributed by atoms with Crippen molar-refractivity contribution in [3.05, 3.63) is 65.0 Å². The number of pyridine rings is 1. The molecule has 7 heteroatoms. The van der Waals surface area contributed by atoms with Crippen LogP contribution in [0.4, 0.5) is 0 Å². The van der Waals surface area contributed by atoms with E-state index in [-0.39, 0.29) is 18.7 Å². The third kappa shape index (κ3) is 3.48. The number of aryl methyl sites for hydroxylation is 1. The Kier molecular flexibility index (Phi) is 5.75. The van der Waals surface area contributed by atoms with Crippen LogP contribution < -0.4 is 14.8 Å². The van der Waals surface area contributed by atoms with Crippen LogP contribution >= 0.6 is 0 Å². The van der Waals surface area contributed by atoms with E-state index in [1.807, 2.05) is 0 Å². The van der Waals surface area contributed by atoms with Crippen LogP contribution in [0.3, 0.4) is 0 Å². The average molecular weight is 382 g/mol. The van der Waals surface area contributed by atoms with E-state index in [9.17, 15) is 14.7 Å². The van der Waals surface area contributed by atoms with Gasteiger partial charge in [0.2, 0.25) is 5.78 Å². The number of hydrogen-bond acceptors (Lipinski definition) is 5. The summed E-state index contributed by atoms with van der Waals surface area (Å²) in [6, 6.07) is 7.78. The van der Waals surface area contributed by atoms with Crippen LogP contribution in [0.25, 0.3) is 5.76 Å². The highest BCUT2D eigenvalue weighted by Crippen LogP contribution is 2.38. The van der Waals surface area contributed by atoms with E-state index in [1.165, 1.54) is 12.0 Å². The molecule has 0 spiro atoms. The zero-order chi connectivity index (χ0) is 20.3. The summed E-state index contributed by atoms with van der Waals surface area (Å²) >= 11 is 0. The number of benzene rings is 1. The first-order valence-corrected chi connectivity index (χ1v) is 8.86. The number of carbonyl (C=O) groups excluding carboxylic acids is 2. The lowest BCUT2D eigenvalue weighted by atomic mass is 9.94. The second-order valence-electron chi connectivity index (χ2n) is 6.48. The zero-order valence-corrected chi connectivity index (χ0v) is 16.0. The molecule has 1 aliphatic rings. The van der Waals surface area contributed by atoms with Gasteiger partial charge in [0.05, 0.1) is 19.8 Å². The molecular weight excluding hydrogens is 360 g/mol. The van der Waals surface area contributed by atoms with Gasteiger partial charge in [0.25, 0.3) is 5.91 Å². The summed E-state index contributed by atoms with van der Waals surface area (Å²) in [6.45, 7) is 2.24. The smallest absolute Gasteiger partial charge is 0.295 e. The molecule has 0 bridgehead atoms. The summed E-state index contributed by atoms with van der Waals surface area (Å²) in [4.78, 5) is 29.8. The molecule has 0 radical (unpaired) electrons. The molecule has 2 aromatic rings. The summed E-state index contributed by atoms with van der Waals surface area (Å²) in [5, 5.41) is 13.3. The van der Waals surface area contributed by atoms with Gasteiger partial charge in [-0.3, -0.25) is 9.59 Å². The van der Waals surface area contributed by atoms with Gasteiger partial charge >= 0.3 is 0 Å². The van der Waals surface area contributed by atoms with Crippen molar-refractivity contribution in [1.82, 2.24) is 4.90 Å². The molecule has 0 aliphatic carbocycles. The van der Waals surface area contributed by atoms with Crippen LogP contribution in [-0.2, 0) is 14.3 Å². The highest BCUT2D eigenvalue weighted by molar-refractivity contribution is 6.46. The van der Waals surface area contributed by atoms with Crippen molar-refractivity contribution < 1.29 is 29.2 Å². The van der Waals surface area contributed by atoms with Crippen molar-refractivity contribution in [2.75, 3.05) is 27.4 Å². The Morgan fingerprint density at radius 1 is 1.25 bits per heavy atom. The predicted octanol–water partition coefficient (Wildman–Crippen LogP) is 0.688. The third-order valence-electron chi connectivity index (χ3n) is 4.79. The van der Waals surface area contributed by atoms with E-state index in [2.05, 4.69) is 4.98 Å². The monoisotopic (exact) mass is 382 g/mol. The highest BCUT2D eigenvalue weighted by Gasteiger charge is 2.44. The van der Waals surface area contributed by atoms with E-state index in [0.717, 1.165) is 0 Å². The Bertz CT molecular complexity index is 924. The van der Waals surface area contributed by atoms with Gasteiger partial charge in [0, 0.05) is 30.9 Å². The molecule has 0 saturated carbocycles. The summed E-state index contributed by atoms with van der Waals surface area (Å²) in [5.41, 5.74) is 1.66. The van der Waals surface area contributed by atoms with Crippen molar-refractivity contribution in [3.8, 4) is 5.75 Å². The molecule has 28 heavy (non-hydrogen) atoms. The molecule has 1 amide bonds. The quantitative estimate of drug-likeness (QED) is 0.416. The zero-order valence-electron chi connectivity index (χ0n) is 16.0. The van der Waals surface area contributed by atoms with E-state index in [0.29, 0.717) is 22.4 Å². The van der Waals surface area contributed by atoms with Crippen molar-refractivity contribution >= 4 is 17.4 Å². The van der Waals surface area contributed by atoms with Gasteiger partial charge in [-0.1, -0.05) is 11.8 Å². The maximum absolute atomic E-state index is 13.3. The number of aromatic amines is 1. The minimum Gasteiger partial charge on any atom is -0.872 e. The normalized spacial score (nSPS) is 18.5. The number of rotatable bonds is 6. The SMILES string of the molecule is COCCN1C(=O)C(=O)C(=C([O-])c2ccc(OC)cc2C)C1c1ccc[nH+]c1. The Labute approximate surface area is 163 Å². The van der Waals surface area contributed by atoms with Crippen molar-refractivity contribution in [2.45, 2.75) is 13.0 Å². The topological polar surface area (TPSA) is 93.0 Å². The number of hydrogen-bond donors (Lipinski definition) is 0. The molecule has 1 atom stereocenters. The number of ketones is 1. The van der Waals surface area contributed by atoms with Gasteiger partial charge in [-0.25, -0.2) is 4.98 Å². The molecule has 1 aliphatic heterocycles. The van der Waals surface area contributed by atoms with Crippen LogP contribution in [-0.4, -0.2) is 44.0 Å². The maximum atomic E-state index is 13.3. The fourth-order valence-corrected chi connectivity index (χ4v) is 3.38. The minimum absolute atomic E-state index is 0.0473. The summed E-state index contributed by atoms with van der Waals surface area (Å²) in [6.07, 6.45) is 3.40. The van der Waals surface area contributed by atoms with E-state index in [1.54, 1.807) is 56.8 Å². The van der Waals surface area contributed by atoms with Crippen LogP contribution in [0.1, 0.15) is 22.7 Å². The highest BCUT2D eigenvalue weighted by atomic mass is 16.5. The molecule has 7 nitrogen and oxygen atoms in total. The molecule has 1 aromatic carbocycles. The Balaban J connectivity index is 2.16. The molecule has 1 unspecified atom stereocenters.